The molecule has 0 radical (unpaired) electrons. The van der Waals surface area contributed by atoms with Crippen molar-refractivity contribution in [1.82, 2.24) is 10.3 Å². The van der Waals surface area contributed by atoms with Crippen LogP contribution in [-0.2, 0) is 0 Å². The number of nitrogens with zero attached hydrogens (tertiary/aromatic N) is 4. The first-order valence-corrected chi connectivity index (χ1v) is 10.9. The second kappa shape index (κ2) is 11.1. The topological polar surface area (TPSA) is 105 Å². The average molecular weight is 494 g/mol. The standard InChI is InChI=1S/C26H24FN5O2.ClH/c1-30-19-7-9-32(10-8-19)26-20(14-29)25(17-3-4-18(13-28)22(27)11-17)21(15-31-26)16-5-6-24(34-2)23(33)12-16;/h3-6,11-12,15,19,30,33H,7-10H2,1-2H3;1H. The van der Waals surface area contributed by atoms with E-state index >= 15 is 0 Å². The molecule has 0 unspecified atom stereocenters. The normalized spacial score (nSPS) is 13.5. The summed E-state index contributed by atoms with van der Waals surface area (Å²) in [6.45, 7) is 1.47. The number of pyridine rings is 1. The van der Waals surface area contributed by atoms with E-state index in [-0.39, 0.29) is 23.7 Å². The number of anilines is 1. The van der Waals surface area contributed by atoms with Crippen LogP contribution in [0, 0.1) is 28.5 Å². The fraction of sp³-hybridized carbons (Fsp3) is 0.269. The number of phenolic OH excluding ortho intramolecular Hbond substituents is 1. The maximum atomic E-state index is 14.6. The predicted octanol–water partition coefficient (Wildman–Crippen LogP) is 4.62. The van der Waals surface area contributed by atoms with Gasteiger partial charge in [-0.1, -0.05) is 12.1 Å². The van der Waals surface area contributed by atoms with E-state index in [1.54, 1.807) is 24.4 Å². The van der Waals surface area contributed by atoms with E-state index in [1.807, 2.05) is 13.1 Å². The van der Waals surface area contributed by atoms with E-state index in [4.69, 9.17) is 10.00 Å². The van der Waals surface area contributed by atoms with Crippen molar-refractivity contribution in [1.29, 1.82) is 10.5 Å². The van der Waals surface area contributed by atoms with Crippen LogP contribution in [0.15, 0.2) is 42.6 Å². The number of aromatic nitrogens is 1. The zero-order valence-electron chi connectivity index (χ0n) is 19.4. The monoisotopic (exact) mass is 493 g/mol. The molecule has 180 valence electrons. The molecule has 9 heteroatoms. The summed E-state index contributed by atoms with van der Waals surface area (Å²) < 4.78 is 19.8. The van der Waals surface area contributed by atoms with E-state index in [9.17, 15) is 14.8 Å². The van der Waals surface area contributed by atoms with Crippen molar-refractivity contribution in [3.63, 3.8) is 0 Å². The van der Waals surface area contributed by atoms with Crippen LogP contribution in [0.5, 0.6) is 11.5 Å². The summed E-state index contributed by atoms with van der Waals surface area (Å²) in [5.74, 6) is 0.125. The van der Waals surface area contributed by atoms with Crippen molar-refractivity contribution in [2.75, 3.05) is 32.1 Å². The minimum absolute atomic E-state index is 0. The van der Waals surface area contributed by atoms with Crippen LogP contribution < -0.4 is 15.0 Å². The van der Waals surface area contributed by atoms with Crippen molar-refractivity contribution < 1.29 is 14.2 Å². The summed E-state index contributed by atoms with van der Waals surface area (Å²) in [5, 5.41) is 33.0. The minimum Gasteiger partial charge on any atom is -0.504 e. The molecule has 0 atom stereocenters. The van der Waals surface area contributed by atoms with Gasteiger partial charge in [0.15, 0.2) is 11.5 Å². The smallest absolute Gasteiger partial charge is 0.160 e. The third kappa shape index (κ3) is 5.00. The highest BCUT2D eigenvalue weighted by Crippen LogP contribution is 2.41. The molecular weight excluding hydrogens is 469 g/mol. The maximum absolute atomic E-state index is 14.6. The van der Waals surface area contributed by atoms with Gasteiger partial charge in [0.25, 0.3) is 0 Å². The number of nitrogens with one attached hydrogen (secondary N) is 1. The highest BCUT2D eigenvalue weighted by molar-refractivity contribution is 5.90. The lowest BCUT2D eigenvalue weighted by molar-refractivity contribution is 0.373. The fourth-order valence-electron chi connectivity index (χ4n) is 4.36. The van der Waals surface area contributed by atoms with Crippen LogP contribution in [0.3, 0.4) is 0 Å². The van der Waals surface area contributed by atoms with Crippen molar-refractivity contribution >= 4 is 18.2 Å². The SMILES string of the molecule is CNC1CCN(c2ncc(-c3ccc(OC)c(O)c3)c(-c3ccc(C#N)c(F)c3)c2C#N)CC1.Cl. The molecular formula is C26H25ClFN5O2. The lowest BCUT2D eigenvalue weighted by Crippen LogP contribution is -2.41. The molecule has 2 aromatic carbocycles. The summed E-state index contributed by atoms with van der Waals surface area (Å²) in [6, 6.07) is 13.7. The van der Waals surface area contributed by atoms with E-state index in [0.717, 1.165) is 25.9 Å². The summed E-state index contributed by atoms with van der Waals surface area (Å²) in [7, 11) is 3.40. The molecule has 1 aliphatic heterocycles. The zero-order chi connectivity index (χ0) is 24.2. The van der Waals surface area contributed by atoms with Crippen molar-refractivity contribution in [3.05, 3.63) is 59.5 Å². The first kappa shape index (κ1) is 25.8. The number of aromatic hydroxyl groups is 1. The molecule has 1 saturated heterocycles. The molecule has 4 rings (SSSR count). The number of piperidine rings is 1. The molecule has 3 aromatic rings. The molecule has 1 aliphatic rings. The van der Waals surface area contributed by atoms with E-state index in [0.29, 0.717) is 45.4 Å². The predicted molar refractivity (Wildman–Crippen MR) is 134 cm³/mol. The molecule has 0 amide bonds. The van der Waals surface area contributed by atoms with Crippen molar-refractivity contribution in [2.45, 2.75) is 18.9 Å². The van der Waals surface area contributed by atoms with Crippen molar-refractivity contribution in [2.24, 2.45) is 0 Å². The number of hydrogen-bond acceptors (Lipinski definition) is 7. The molecule has 0 saturated carbocycles. The number of rotatable bonds is 5. The Morgan fingerprint density at radius 2 is 1.83 bits per heavy atom. The summed E-state index contributed by atoms with van der Waals surface area (Å²) >= 11 is 0. The summed E-state index contributed by atoms with van der Waals surface area (Å²) in [6.07, 6.45) is 3.48. The number of nitriles is 2. The Bertz CT molecular complexity index is 1310. The van der Waals surface area contributed by atoms with Crippen LogP contribution in [0.25, 0.3) is 22.3 Å². The van der Waals surface area contributed by atoms with Gasteiger partial charge in [0.05, 0.1) is 12.7 Å². The van der Waals surface area contributed by atoms with Gasteiger partial charge in [-0.3, -0.25) is 0 Å². The minimum atomic E-state index is -0.666. The first-order chi connectivity index (χ1) is 16.5. The van der Waals surface area contributed by atoms with E-state index in [1.165, 1.54) is 25.3 Å². The van der Waals surface area contributed by atoms with Gasteiger partial charge in [0, 0.05) is 36.5 Å². The van der Waals surface area contributed by atoms with Gasteiger partial charge in [-0.15, -0.1) is 12.4 Å². The Labute approximate surface area is 209 Å². The largest absolute Gasteiger partial charge is 0.504 e. The first-order valence-electron chi connectivity index (χ1n) is 10.9. The molecule has 0 bridgehead atoms. The molecule has 1 fully saturated rings. The van der Waals surface area contributed by atoms with Gasteiger partial charge in [-0.05, 0) is 55.3 Å². The van der Waals surface area contributed by atoms with Gasteiger partial charge >= 0.3 is 0 Å². The van der Waals surface area contributed by atoms with Gasteiger partial charge in [-0.25, -0.2) is 9.37 Å². The van der Waals surface area contributed by atoms with Crippen LogP contribution in [-0.4, -0.2) is 43.4 Å². The third-order valence-electron chi connectivity index (χ3n) is 6.24. The van der Waals surface area contributed by atoms with Gasteiger partial charge in [0.2, 0.25) is 0 Å². The molecule has 7 nitrogen and oxygen atoms in total. The van der Waals surface area contributed by atoms with Crippen LogP contribution in [0.1, 0.15) is 24.0 Å². The van der Waals surface area contributed by atoms with Crippen molar-refractivity contribution in [3.8, 4) is 45.9 Å². The highest BCUT2D eigenvalue weighted by Gasteiger charge is 2.25. The lowest BCUT2D eigenvalue weighted by Gasteiger charge is -2.33. The second-order valence-electron chi connectivity index (χ2n) is 8.10. The Kier molecular flexibility index (Phi) is 8.14. The van der Waals surface area contributed by atoms with Crippen LogP contribution in [0.4, 0.5) is 10.2 Å². The third-order valence-corrected chi connectivity index (χ3v) is 6.24. The molecule has 0 spiro atoms. The molecule has 0 aliphatic carbocycles. The molecule has 35 heavy (non-hydrogen) atoms. The lowest BCUT2D eigenvalue weighted by atomic mass is 9.91. The van der Waals surface area contributed by atoms with Gasteiger partial charge in [0.1, 0.15) is 29.3 Å². The second-order valence-corrected chi connectivity index (χ2v) is 8.10. The number of halogens is 2. The van der Waals surface area contributed by atoms with Gasteiger partial charge < -0.3 is 20.1 Å². The highest BCUT2D eigenvalue weighted by atomic mass is 35.5. The number of methoxy groups -OCH3 is 1. The van der Waals surface area contributed by atoms with E-state index in [2.05, 4.69) is 21.3 Å². The Morgan fingerprint density at radius 3 is 2.40 bits per heavy atom. The van der Waals surface area contributed by atoms with Gasteiger partial charge in [-0.2, -0.15) is 10.5 Å². The number of hydrogen-bond donors (Lipinski definition) is 2. The molecule has 2 N–H and O–H groups in total. The summed E-state index contributed by atoms with van der Waals surface area (Å²) in [5.41, 5.74) is 2.35. The molecule has 2 heterocycles. The number of phenols is 1. The van der Waals surface area contributed by atoms with E-state index < -0.39 is 5.82 Å². The quantitative estimate of drug-likeness (QED) is 0.534. The molecule has 1 aromatic heterocycles. The zero-order valence-corrected chi connectivity index (χ0v) is 20.2. The Morgan fingerprint density at radius 1 is 1.11 bits per heavy atom. The van der Waals surface area contributed by atoms with Crippen LogP contribution >= 0.6 is 12.4 Å². The Hall–Kier alpha value is -3.85. The average Bonchev–Trinajstić information content (AvgIpc) is 2.87. The fourth-order valence-corrected chi connectivity index (χ4v) is 4.36. The summed E-state index contributed by atoms with van der Waals surface area (Å²) in [4.78, 5) is 6.71. The van der Waals surface area contributed by atoms with Crippen LogP contribution in [0.2, 0.25) is 0 Å². The Balaban J connectivity index is 0.00000342. The number of ether oxygens (including phenoxy) is 1. The maximum Gasteiger partial charge on any atom is 0.160 e. The number of benzene rings is 2.